The third-order valence-corrected chi connectivity index (χ3v) is 3.39. The third-order valence-electron chi connectivity index (χ3n) is 3.39. The molecule has 1 atom stereocenters. The fourth-order valence-corrected chi connectivity index (χ4v) is 2.38. The summed E-state index contributed by atoms with van der Waals surface area (Å²) in [6.07, 6.45) is 2.05. The molecule has 0 aliphatic heterocycles. The van der Waals surface area contributed by atoms with Crippen LogP contribution in [-0.2, 0) is 16.1 Å². The molecule has 0 saturated carbocycles. The summed E-state index contributed by atoms with van der Waals surface area (Å²) in [5.74, 6) is -1.68. The molecule has 2 aromatic rings. The highest BCUT2D eigenvalue weighted by Gasteiger charge is 2.21. The molecular formula is C16H19FN2O3. The average molecular weight is 306 g/mol. The molecular weight excluding hydrogens is 287 g/mol. The highest BCUT2D eigenvalue weighted by molar-refractivity contribution is 5.86. The van der Waals surface area contributed by atoms with E-state index in [1.807, 2.05) is 13.8 Å². The standard InChI is InChI=1S/C16H19FN2O3/c1-10(2)7-13(16(21)22)18-15(20)9-19-6-5-11-3-4-12(17)8-14(11)19/h3-6,8,10,13H,7,9H2,1-2H3,(H,18,20)(H,21,22)/t13-/m1/s1. The number of rotatable bonds is 6. The van der Waals surface area contributed by atoms with Crippen LogP contribution in [0.1, 0.15) is 20.3 Å². The van der Waals surface area contributed by atoms with Gasteiger partial charge in [-0.3, -0.25) is 4.79 Å². The number of hydrogen-bond acceptors (Lipinski definition) is 2. The van der Waals surface area contributed by atoms with Crippen molar-refractivity contribution in [3.05, 3.63) is 36.3 Å². The number of nitrogens with one attached hydrogen (secondary N) is 1. The van der Waals surface area contributed by atoms with Crippen molar-refractivity contribution in [3.8, 4) is 0 Å². The minimum Gasteiger partial charge on any atom is -0.480 e. The van der Waals surface area contributed by atoms with Crippen molar-refractivity contribution in [2.24, 2.45) is 5.92 Å². The van der Waals surface area contributed by atoms with Gasteiger partial charge in [-0.2, -0.15) is 0 Å². The van der Waals surface area contributed by atoms with Gasteiger partial charge in [0, 0.05) is 6.20 Å². The number of carboxylic acids is 1. The Morgan fingerprint density at radius 2 is 2.05 bits per heavy atom. The normalized spacial score (nSPS) is 12.5. The molecule has 0 aliphatic carbocycles. The Kier molecular flexibility index (Phi) is 4.80. The van der Waals surface area contributed by atoms with E-state index in [1.165, 1.54) is 12.1 Å². The molecule has 118 valence electrons. The Balaban J connectivity index is 2.10. The predicted molar refractivity (Wildman–Crippen MR) is 80.9 cm³/mol. The maximum Gasteiger partial charge on any atom is 0.326 e. The fourth-order valence-electron chi connectivity index (χ4n) is 2.38. The van der Waals surface area contributed by atoms with Crippen molar-refractivity contribution in [2.75, 3.05) is 0 Å². The van der Waals surface area contributed by atoms with Gasteiger partial charge in [-0.05, 0) is 42.0 Å². The summed E-state index contributed by atoms with van der Waals surface area (Å²) in [6, 6.07) is 5.22. The summed E-state index contributed by atoms with van der Waals surface area (Å²) >= 11 is 0. The van der Waals surface area contributed by atoms with Crippen LogP contribution in [0.3, 0.4) is 0 Å². The maximum atomic E-state index is 13.3. The molecule has 2 N–H and O–H groups in total. The zero-order valence-corrected chi connectivity index (χ0v) is 12.5. The van der Waals surface area contributed by atoms with E-state index in [1.54, 1.807) is 22.9 Å². The summed E-state index contributed by atoms with van der Waals surface area (Å²) < 4.78 is 14.9. The van der Waals surface area contributed by atoms with Gasteiger partial charge < -0.3 is 15.0 Å². The molecule has 1 heterocycles. The van der Waals surface area contributed by atoms with Crippen LogP contribution >= 0.6 is 0 Å². The monoisotopic (exact) mass is 306 g/mol. The van der Waals surface area contributed by atoms with Crippen LogP contribution in [0.5, 0.6) is 0 Å². The number of amides is 1. The van der Waals surface area contributed by atoms with E-state index in [2.05, 4.69) is 5.32 Å². The Bertz CT molecular complexity index is 694. The Morgan fingerprint density at radius 1 is 1.32 bits per heavy atom. The number of carboxylic acid groups (broad SMARTS) is 1. The molecule has 6 heteroatoms. The number of carbonyl (C=O) groups is 2. The van der Waals surface area contributed by atoms with Gasteiger partial charge in [0.25, 0.3) is 0 Å². The van der Waals surface area contributed by atoms with Crippen LogP contribution in [0.4, 0.5) is 4.39 Å². The van der Waals surface area contributed by atoms with Crippen LogP contribution < -0.4 is 5.32 Å². The van der Waals surface area contributed by atoms with E-state index >= 15 is 0 Å². The first-order chi connectivity index (χ1) is 10.4. The average Bonchev–Trinajstić information content (AvgIpc) is 2.80. The Morgan fingerprint density at radius 3 is 2.68 bits per heavy atom. The van der Waals surface area contributed by atoms with Crippen molar-refractivity contribution in [1.82, 2.24) is 9.88 Å². The summed E-state index contributed by atoms with van der Waals surface area (Å²) in [4.78, 5) is 23.2. The molecule has 1 aromatic heterocycles. The van der Waals surface area contributed by atoms with Crippen molar-refractivity contribution < 1.29 is 19.1 Å². The van der Waals surface area contributed by atoms with Crippen LogP contribution in [0.15, 0.2) is 30.5 Å². The molecule has 0 fully saturated rings. The minimum absolute atomic E-state index is 0.0468. The first kappa shape index (κ1) is 16.0. The van der Waals surface area contributed by atoms with Crippen molar-refractivity contribution in [2.45, 2.75) is 32.9 Å². The first-order valence-corrected chi connectivity index (χ1v) is 7.13. The minimum atomic E-state index is -1.05. The second-order valence-electron chi connectivity index (χ2n) is 5.73. The van der Waals surface area contributed by atoms with Crippen molar-refractivity contribution in [1.29, 1.82) is 0 Å². The number of carbonyl (C=O) groups excluding carboxylic acids is 1. The predicted octanol–water partition coefficient (Wildman–Crippen LogP) is 2.40. The Hall–Kier alpha value is -2.37. The molecule has 1 amide bonds. The lowest BCUT2D eigenvalue weighted by atomic mass is 10.0. The number of aliphatic carboxylic acids is 1. The summed E-state index contributed by atoms with van der Waals surface area (Å²) in [6.45, 7) is 3.74. The lowest BCUT2D eigenvalue weighted by molar-refractivity contribution is -0.142. The largest absolute Gasteiger partial charge is 0.480 e. The van der Waals surface area contributed by atoms with E-state index in [0.29, 0.717) is 11.9 Å². The molecule has 5 nitrogen and oxygen atoms in total. The van der Waals surface area contributed by atoms with E-state index in [0.717, 1.165) is 5.39 Å². The smallest absolute Gasteiger partial charge is 0.326 e. The molecule has 0 aliphatic rings. The van der Waals surface area contributed by atoms with Crippen LogP contribution in [0.25, 0.3) is 10.9 Å². The van der Waals surface area contributed by atoms with Gasteiger partial charge in [0.1, 0.15) is 18.4 Å². The van der Waals surface area contributed by atoms with E-state index in [-0.39, 0.29) is 18.3 Å². The molecule has 22 heavy (non-hydrogen) atoms. The topological polar surface area (TPSA) is 71.3 Å². The second kappa shape index (κ2) is 6.60. The number of aromatic nitrogens is 1. The highest BCUT2D eigenvalue weighted by Crippen LogP contribution is 2.17. The lowest BCUT2D eigenvalue weighted by Crippen LogP contribution is -2.43. The van der Waals surface area contributed by atoms with Crippen LogP contribution in [0.2, 0.25) is 0 Å². The van der Waals surface area contributed by atoms with Crippen LogP contribution in [-0.4, -0.2) is 27.6 Å². The Labute approximate surface area is 127 Å². The number of fused-ring (bicyclic) bond motifs is 1. The van der Waals surface area contributed by atoms with Gasteiger partial charge >= 0.3 is 5.97 Å². The van der Waals surface area contributed by atoms with Crippen molar-refractivity contribution in [3.63, 3.8) is 0 Å². The fraction of sp³-hybridized carbons (Fsp3) is 0.375. The van der Waals surface area contributed by atoms with E-state index < -0.39 is 17.9 Å². The zero-order chi connectivity index (χ0) is 16.3. The summed E-state index contributed by atoms with van der Waals surface area (Å²) in [5.41, 5.74) is 0.603. The van der Waals surface area contributed by atoms with Gasteiger partial charge in [0.05, 0.1) is 5.52 Å². The SMILES string of the molecule is CC(C)C[C@@H](NC(=O)Cn1ccc2ccc(F)cc21)C(=O)O. The number of hydrogen-bond donors (Lipinski definition) is 2. The van der Waals surface area contributed by atoms with E-state index in [4.69, 9.17) is 5.11 Å². The van der Waals surface area contributed by atoms with Gasteiger partial charge in [0.2, 0.25) is 5.91 Å². The van der Waals surface area contributed by atoms with Crippen LogP contribution in [0, 0.1) is 11.7 Å². The number of halogens is 1. The van der Waals surface area contributed by atoms with Gasteiger partial charge in [-0.25, -0.2) is 9.18 Å². The second-order valence-corrected chi connectivity index (χ2v) is 5.73. The highest BCUT2D eigenvalue weighted by atomic mass is 19.1. The quantitative estimate of drug-likeness (QED) is 0.861. The molecule has 1 aromatic carbocycles. The molecule has 2 rings (SSSR count). The molecule has 0 unspecified atom stereocenters. The molecule has 0 saturated heterocycles. The van der Waals surface area contributed by atoms with Crippen molar-refractivity contribution >= 4 is 22.8 Å². The van der Waals surface area contributed by atoms with Gasteiger partial charge in [-0.1, -0.05) is 13.8 Å². The third kappa shape index (κ3) is 3.84. The number of benzene rings is 1. The van der Waals surface area contributed by atoms with Gasteiger partial charge in [-0.15, -0.1) is 0 Å². The zero-order valence-electron chi connectivity index (χ0n) is 12.5. The molecule has 0 spiro atoms. The molecule has 0 radical (unpaired) electrons. The summed E-state index contributed by atoms with van der Waals surface area (Å²) in [7, 11) is 0. The first-order valence-electron chi connectivity index (χ1n) is 7.13. The molecule has 0 bridgehead atoms. The number of nitrogens with zero attached hydrogens (tertiary/aromatic N) is 1. The maximum absolute atomic E-state index is 13.3. The van der Waals surface area contributed by atoms with Gasteiger partial charge in [0.15, 0.2) is 0 Å². The van der Waals surface area contributed by atoms with E-state index in [9.17, 15) is 14.0 Å². The lowest BCUT2D eigenvalue weighted by Gasteiger charge is -2.17. The summed E-state index contributed by atoms with van der Waals surface area (Å²) in [5, 5.41) is 12.5.